The average Bonchev–Trinajstić information content (AvgIpc) is 2.47. The molecule has 1 aliphatic rings. The predicted octanol–water partition coefficient (Wildman–Crippen LogP) is 2.80. The first-order chi connectivity index (χ1) is 9.22. The third kappa shape index (κ3) is 3.98. The van der Waals surface area contributed by atoms with E-state index in [1.807, 2.05) is 24.3 Å². The van der Waals surface area contributed by atoms with Crippen LogP contribution in [0.5, 0.6) is 0 Å². The van der Waals surface area contributed by atoms with Gasteiger partial charge in [0, 0.05) is 30.6 Å². The Morgan fingerprint density at radius 3 is 2.79 bits per heavy atom. The fourth-order valence-electron chi connectivity index (χ4n) is 2.29. The highest BCUT2D eigenvalue weighted by Gasteiger charge is 2.18. The first kappa shape index (κ1) is 14.4. The van der Waals surface area contributed by atoms with E-state index in [4.69, 9.17) is 4.74 Å². The van der Waals surface area contributed by atoms with Crippen molar-refractivity contribution in [2.75, 3.05) is 26.0 Å². The Labute approximate surface area is 119 Å². The molecule has 0 aromatic heterocycles. The summed E-state index contributed by atoms with van der Waals surface area (Å²) in [6.45, 7) is 5.55. The standard InChI is InChI=1S/C15H21NO2S/c1-3-14-11-16(8-9-19-14)10-12-4-6-13(7-5-12)15(17)18-2/h4-7,14H,3,8-11H2,1-2H3. The molecule has 104 valence electrons. The van der Waals surface area contributed by atoms with Gasteiger partial charge in [-0.1, -0.05) is 19.1 Å². The molecule has 0 bridgehead atoms. The summed E-state index contributed by atoms with van der Waals surface area (Å²) in [7, 11) is 1.41. The minimum absolute atomic E-state index is 0.271. The van der Waals surface area contributed by atoms with Crippen molar-refractivity contribution in [2.24, 2.45) is 0 Å². The molecule has 0 saturated carbocycles. The Kier molecular flexibility index (Phi) is 5.28. The van der Waals surface area contributed by atoms with Crippen LogP contribution in [0.2, 0.25) is 0 Å². The zero-order chi connectivity index (χ0) is 13.7. The van der Waals surface area contributed by atoms with Crippen LogP contribution in [0.15, 0.2) is 24.3 Å². The molecule has 1 fully saturated rings. The highest BCUT2D eigenvalue weighted by molar-refractivity contribution is 8.00. The molecule has 2 rings (SSSR count). The molecular formula is C15H21NO2S. The molecular weight excluding hydrogens is 258 g/mol. The summed E-state index contributed by atoms with van der Waals surface area (Å²) < 4.78 is 4.70. The van der Waals surface area contributed by atoms with E-state index in [0.717, 1.165) is 18.3 Å². The van der Waals surface area contributed by atoms with Crippen LogP contribution in [0.3, 0.4) is 0 Å². The van der Waals surface area contributed by atoms with Crippen molar-refractivity contribution in [1.29, 1.82) is 0 Å². The van der Waals surface area contributed by atoms with Gasteiger partial charge in [0.15, 0.2) is 0 Å². The quantitative estimate of drug-likeness (QED) is 0.793. The summed E-state index contributed by atoms with van der Waals surface area (Å²) in [6, 6.07) is 7.73. The van der Waals surface area contributed by atoms with Gasteiger partial charge in [0.2, 0.25) is 0 Å². The van der Waals surface area contributed by atoms with E-state index in [-0.39, 0.29) is 5.97 Å². The molecule has 0 spiro atoms. The third-order valence-corrected chi connectivity index (χ3v) is 4.83. The zero-order valence-corrected chi connectivity index (χ0v) is 12.4. The molecule has 1 atom stereocenters. The van der Waals surface area contributed by atoms with Crippen LogP contribution in [0.25, 0.3) is 0 Å². The summed E-state index contributed by atoms with van der Waals surface area (Å²) in [5, 5.41) is 0.767. The fourth-order valence-corrected chi connectivity index (χ4v) is 3.54. The first-order valence-corrected chi connectivity index (χ1v) is 7.79. The second-order valence-corrected chi connectivity index (χ2v) is 6.23. The minimum Gasteiger partial charge on any atom is -0.465 e. The van der Waals surface area contributed by atoms with Gasteiger partial charge in [-0.15, -0.1) is 0 Å². The van der Waals surface area contributed by atoms with Crippen LogP contribution in [-0.2, 0) is 11.3 Å². The molecule has 4 heteroatoms. The Balaban J connectivity index is 1.94. The molecule has 3 nitrogen and oxygen atoms in total. The fraction of sp³-hybridized carbons (Fsp3) is 0.533. The number of carbonyl (C=O) groups is 1. The van der Waals surface area contributed by atoms with Crippen molar-refractivity contribution in [2.45, 2.75) is 25.1 Å². The molecule has 0 N–H and O–H groups in total. The van der Waals surface area contributed by atoms with E-state index in [1.165, 1.54) is 31.4 Å². The van der Waals surface area contributed by atoms with E-state index < -0.39 is 0 Å². The van der Waals surface area contributed by atoms with Crippen LogP contribution in [0, 0.1) is 0 Å². The van der Waals surface area contributed by atoms with Crippen LogP contribution >= 0.6 is 11.8 Å². The van der Waals surface area contributed by atoms with Gasteiger partial charge >= 0.3 is 5.97 Å². The molecule has 1 aromatic rings. The average molecular weight is 279 g/mol. The maximum atomic E-state index is 11.4. The Bertz CT molecular complexity index is 419. The van der Waals surface area contributed by atoms with E-state index >= 15 is 0 Å². The number of methoxy groups -OCH3 is 1. The summed E-state index contributed by atoms with van der Waals surface area (Å²) in [6.07, 6.45) is 1.24. The summed E-state index contributed by atoms with van der Waals surface area (Å²) in [5.41, 5.74) is 1.88. The lowest BCUT2D eigenvalue weighted by Gasteiger charge is -2.31. The molecule has 1 aromatic carbocycles. The minimum atomic E-state index is -0.271. The van der Waals surface area contributed by atoms with Crippen LogP contribution in [-0.4, -0.2) is 42.1 Å². The lowest BCUT2D eigenvalue weighted by Crippen LogP contribution is -2.37. The number of thioether (sulfide) groups is 1. The van der Waals surface area contributed by atoms with Crippen molar-refractivity contribution >= 4 is 17.7 Å². The molecule has 1 saturated heterocycles. The number of carbonyl (C=O) groups excluding carboxylic acids is 1. The van der Waals surface area contributed by atoms with Crippen molar-refractivity contribution in [3.63, 3.8) is 0 Å². The normalized spacial score (nSPS) is 20.2. The first-order valence-electron chi connectivity index (χ1n) is 6.74. The van der Waals surface area contributed by atoms with E-state index in [1.54, 1.807) is 0 Å². The number of rotatable bonds is 4. The monoisotopic (exact) mass is 279 g/mol. The smallest absolute Gasteiger partial charge is 0.337 e. The summed E-state index contributed by atoms with van der Waals surface area (Å²) in [4.78, 5) is 13.9. The Morgan fingerprint density at radius 2 is 2.16 bits per heavy atom. The number of ether oxygens (including phenoxy) is 1. The van der Waals surface area contributed by atoms with Crippen molar-refractivity contribution < 1.29 is 9.53 Å². The molecule has 1 unspecified atom stereocenters. The van der Waals surface area contributed by atoms with Gasteiger partial charge in [0.05, 0.1) is 12.7 Å². The highest BCUT2D eigenvalue weighted by atomic mass is 32.2. The van der Waals surface area contributed by atoms with E-state index in [0.29, 0.717) is 5.56 Å². The van der Waals surface area contributed by atoms with Crippen LogP contribution < -0.4 is 0 Å². The van der Waals surface area contributed by atoms with Gasteiger partial charge in [-0.3, -0.25) is 4.90 Å². The van der Waals surface area contributed by atoms with Crippen molar-refractivity contribution in [3.05, 3.63) is 35.4 Å². The number of nitrogens with zero attached hydrogens (tertiary/aromatic N) is 1. The Morgan fingerprint density at radius 1 is 1.42 bits per heavy atom. The van der Waals surface area contributed by atoms with Gasteiger partial charge in [0.1, 0.15) is 0 Å². The number of hydrogen-bond acceptors (Lipinski definition) is 4. The lowest BCUT2D eigenvalue weighted by atomic mass is 10.1. The molecule has 0 amide bonds. The molecule has 19 heavy (non-hydrogen) atoms. The van der Waals surface area contributed by atoms with Crippen molar-refractivity contribution in [1.82, 2.24) is 4.90 Å². The number of hydrogen-bond donors (Lipinski definition) is 0. The van der Waals surface area contributed by atoms with Crippen LogP contribution in [0.4, 0.5) is 0 Å². The van der Waals surface area contributed by atoms with E-state index in [9.17, 15) is 4.79 Å². The van der Waals surface area contributed by atoms with Gasteiger partial charge in [-0.25, -0.2) is 4.79 Å². The zero-order valence-electron chi connectivity index (χ0n) is 11.6. The largest absolute Gasteiger partial charge is 0.465 e. The molecule has 0 aliphatic carbocycles. The van der Waals surface area contributed by atoms with Crippen molar-refractivity contribution in [3.8, 4) is 0 Å². The number of benzene rings is 1. The predicted molar refractivity (Wildman–Crippen MR) is 79.6 cm³/mol. The van der Waals surface area contributed by atoms with Crippen LogP contribution in [0.1, 0.15) is 29.3 Å². The van der Waals surface area contributed by atoms with Gasteiger partial charge in [-0.2, -0.15) is 11.8 Å². The molecule has 1 aliphatic heterocycles. The molecule has 1 heterocycles. The highest BCUT2D eigenvalue weighted by Crippen LogP contribution is 2.22. The van der Waals surface area contributed by atoms with Gasteiger partial charge in [0.25, 0.3) is 0 Å². The second kappa shape index (κ2) is 6.96. The maximum absolute atomic E-state index is 11.4. The second-order valence-electron chi connectivity index (χ2n) is 4.82. The third-order valence-electron chi connectivity index (χ3n) is 3.46. The van der Waals surface area contributed by atoms with E-state index in [2.05, 4.69) is 23.6 Å². The topological polar surface area (TPSA) is 29.5 Å². The maximum Gasteiger partial charge on any atom is 0.337 e. The van der Waals surface area contributed by atoms with Gasteiger partial charge in [-0.05, 0) is 24.1 Å². The molecule has 0 radical (unpaired) electrons. The lowest BCUT2D eigenvalue weighted by molar-refractivity contribution is 0.0600. The Hall–Kier alpha value is -1.00. The summed E-state index contributed by atoms with van der Waals surface area (Å²) in [5.74, 6) is 0.950. The number of esters is 1. The SMILES string of the molecule is CCC1CN(Cc2ccc(C(=O)OC)cc2)CCS1. The summed E-state index contributed by atoms with van der Waals surface area (Å²) >= 11 is 2.08. The van der Waals surface area contributed by atoms with Gasteiger partial charge < -0.3 is 4.74 Å².